The number of benzene rings is 1. The van der Waals surface area contributed by atoms with Crippen molar-refractivity contribution in [3.05, 3.63) is 27.7 Å². The molecule has 0 radical (unpaired) electrons. The summed E-state index contributed by atoms with van der Waals surface area (Å²) < 4.78 is 6.47. The van der Waals surface area contributed by atoms with Crippen LogP contribution in [0.15, 0.2) is 16.6 Å². The fraction of sp³-hybridized carbons (Fsp3) is 0.533. The third kappa shape index (κ3) is 3.30. The predicted octanol–water partition coefficient (Wildman–Crippen LogP) is 4.08. The van der Waals surface area contributed by atoms with E-state index in [1.165, 1.54) is 6.42 Å². The number of ether oxygens (including phenoxy) is 1. The Balaban J connectivity index is 2.15. The van der Waals surface area contributed by atoms with E-state index in [9.17, 15) is 4.79 Å². The number of carbonyl (C=O) groups is 1. The Bertz CT molecular complexity index is 487. The van der Waals surface area contributed by atoms with Gasteiger partial charge in [-0.25, -0.2) is 4.79 Å². The van der Waals surface area contributed by atoms with Crippen molar-refractivity contribution in [2.45, 2.75) is 45.6 Å². The maximum Gasteiger partial charge on any atom is 0.338 e. The van der Waals surface area contributed by atoms with E-state index in [-0.39, 0.29) is 12.1 Å². The molecule has 0 aromatic heterocycles. The summed E-state index contributed by atoms with van der Waals surface area (Å²) in [5.41, 5.74) is 7.84. The number of halogens is 1. The minimum absolute atomic E-state index is 0.0425. The average Bonchev–Trinajstić information content (AvgIpc) is 2.36. The van der Waals surface area contributed by atoms with Crippen molar-refractivity contribution in [1.29, 1.82) is 0 Å². The molecular formula is C15H20BrNO2. The Kier molecular flexibility index (Phi) is 4.50. The number of carbonyl (C=O) groups excluding carboxylic acids is 1. The molecule has 1 fully saturated rings. The summed E-state index contributed by atoms with van der Waals surface area (Å²) in [6, 6.07) is 3.58. The number of esters is 1. The van der Waals surface area contributed by atoms with E-state index in [0.29, 0.717) is 17.2 Å². The van der Waals surface area contributed by atoms with E-state index < -0.39 is 0 Å². The van der Waals surface area contributed by atoms with Crippen molar-refractivity contribution in [2.24, 2.45) is 5.92 Å². The van der Waals surface area contributed by atoms with Gasteiger partial charge in [0.25, 0.3) is 0 Å². The van der Waals surface area contributed by atoms with Crippen LogP contribution in [0.25, 0.3) is 0 Å². The molecule has 0 amide bonds. The summed E-state index contributed by atoms with van der Waals surface area (Å²) in [4.78, 5) is 12.3. The van der Waals surface area contributed by atoms with Gasteiger partial charge in [-0.1, -0.05) is 29.3 Å². The first kappa shape index (κ1) is 14.4. The van der Waals surface area contributed by atoms with Crippen LogP contribution in [0, 0.1) is 12.8 Å². The van der Waals surface area contributed by atoms with E-state index in [2.05, 4.69) is 22.9 Å². The van der Waals surface area contributed by atoms with Crippen LogP contribution in [0.4, 0.5) is 5.69 Å². The number of anilines is 1. The largest absolute Gasteiger partial charge is 0.458 e. The lowest BCUT2D eigenvalue weighted by Gasteiger charge is -2.28. The fourth-order valence-corrected chi connectivity index (χ4v) is 3.05. The Hall–Kier alpha value is -1.03. The molecule has 0 aliphatic heterocycles. The Morgan fingerprint density at radius 2 is 2.05 bits per heavy atom. The van der Waals surface area contributed by atoms with Gasteiger partial charge in [-0.15, -0.1) is 0 Å². The number of rotatable bonds is 2. The lowest BCUT2D eigenvalue weighted by Crippen LogP contribution is -2.28. The maximum atomic E-state index is 12.3. The van der Waals surface area contributed by atoms with Crippen molar-refractivity contribution >= 4 is 27.6 Å². The first-order valence-corrected chi connectivity index (χ1v) is 7.55. The molecule has 1 aliphatic carbocycles. The van der Waals surface area contributed by atoms with Crippen molar-refractivity contribution in [1.82, 2.24) is 0 Å². The Morgan fingerprint density at radius 1 is 1.37 bits per heavy atom. The summed E-state index contributed by atoms with van der Waals surface area (Å²) >= 11 is 3.36. The van der Waals surface area contributed by atoms with Gasteiger partial charge in [0, 0.05) is 10.2 Å². The molecule has 0 bridgehead atoms. The normalized spacial score (nSPS) is 23.1. The molecule has 2 N–H and O–H groups in total. The van der Waals surface area contributed by atoms with E-state index >= 15 is 0 Å². The summed E-state index contributed by atoms with van der Waals surface area (Å²) in [5.74, 6) is 0.187. The molecule has 0 saturated heterocycles. The van der Waals surface area contributed by atoms with Gasteiger partial charge in [0.1, 0.15) is 6.10 Å². The number of hydrogen-bond acceptors (Lipinski definition) is 3. The van der Waals surface area contributed by atoms with Crippen LogP contribution in [-0.4, -0.2) is 12.1 Å². The Morgan fingerprint density at radius 3 is 2.74 bits per heavy atom. The minimum Gasteiger partial charge on any atom is -0.458 e. The van der Waals surface area contributed by atoms with Gasteiger partial charge in [0.05, 0.1) is 5.56 Å². The lowest BCUT2D eigenvalue weighted by atomic mass is 9.88. The second kappa shape index (κ2) is 5.95. The number of nitrogens with two attached hydrogens (primary N) is 1. The molecule has 2 unspecified atom stereocenters. The average molecular weight is 326 g/mol. The van der Waals surface area contributed by atoms with Crippen LogP contribution in [0.3, 0.4) is 0 Å². The summed E-state index contributed by atoms with van der Waals surface area (Å²) in [7, 11) is 0. The highest BCUT2D eigenvalue weighted by atomic mass is 79.9. The summed E-state index contributed by atoms with van der Waals surface area (Å²) in [6.45, 7) is 4.00. The highest BCUT2D eigenvalue weighted by Gasteiger charge is 2.26. The topological polar surface area (TPSA) is 52.3 Å². The minimum atomic E-state index is -0.260. The lowest BCUT2D eigenvalue weighted by molar-refractivity contribution is 0.00474. The molecule has 1 aliphatic rings. The molecule has 1 aromatic rings. The second-order valence-corrected chi connectivity index (χ2v) is 6.29. The van der Waals surface area contributed by atoms with Crippen molar-refractivity contribution in [3.8, 4) is 0 Å². The van der Waals surface area contributed by atoms with Gasteiger partial charge in [-0.2, -0.15) is 0 Å². The van der Waals surface area contributed by atoms with E-state index in [4.69, 9.17) is 10.5 Å². The van der Waals surface area contributed by atoms with Crippen LogP contribution in [0.2, 0.25) is 0 Å². The molecule has 2 atom stereocenters. The van der Waals surface area contributed by atoms with Gasteiger partial charge in [-0.3, -0.25) is 0 Å². The smallest absolute Gasteiger partial charge is 0.338 e. The van der Waals surface area contributed by atoms with E-state index in [1.807, 2.05) is 6.92 Å². The van der Waals surface area contributed by atoms with Crippen molar-refractivity contribution < 1.29 is 9.53 Å². The predicted molar refractivity (Wildman–Crippen MR) is 80.1 cm³/mol. The van der Waals surface area contributed by atoms with Crippen LogP contribution >= 0.6 is 15.9 Å². The fourth-order valence-electron chi connectivity index (χ4n) is 2.57. The molecule has 0 heterocycles. The van der Waals surface area contributed by atoms with E-state index in [0.717, 1.165) is 29.3 Å². The molecule has 19 heavy (non-hydrogen) atoms. The molecule has 1 saturated carbocycles. The van der Waals surface area contributed by atoms with Crippen LogP contribution in [-0.2, 0) is 4.74 Å². The first-order valence-electron chi connectivity index (χ1n) is 6.75. The zero-order valence-electron chi connectivity index (χ0n) is 11.4. The highest BCUT2D eigenvalue weighted by molar-refractivity contribution is 9.10. The first-order chi connectivity index (χ1) is 8.99. The summed E-state index contributed by atoms with van der Waals surface area (Å²) in [6.07, 6.45) is 4.52. The van der Waals surface area contributed by atoms with Gasteiger partial charge in [0.15, 0.2) is 0 Å². The van der Waals surface area contributed by atoms with Crippen LogP contribution < -0.4 is 5.73 Å². The van der Waals surface area contributed by atoms with Crippen molar-refractivity contribution in [3.63, 3.8) is 0 Å². The van der Waals surface area contributed by atoms with Gasteiger partial charge >= 0.3 is 5.97 Å². The number of hydrogen-bond donors (Lipinski definition) is 1. The highest BCUT2D eigenvalue weighted by Crippen LogP contribution is 2.29. The standard InChI is InChI=1S/C15H20BrNO2/c1-9-5-3-4-6-14(9)19-15(18)12-7-11(16)8-13(17)10(12)2/h7-9,14H,3-6,17H2,1-2H3. The third-order valence-corrected chi connectivity index (χ3v) is 4.38. The molecule has 104 valence electrons. The van der Waals surface area contributed by atoms with Crippen LogP contribution in [0.1, 0.15) is 48.5 Å². The Labute approximate surface area is 122 Å². The van der Waals surface area contributed by atoms with Gasteiger partial charge in [0.2, 0.25) is 0 Å². The number of nitrogen functional groups attached to an aromatic ring is 1. The zero-order chi connectivity index (χ0) is 14.0. The quantitative estimate of drug-likeness (QED) is 0.658. The van der Waals surface area contributed by atoms with Gasteiger partial charge < -0.3 is 10.5 Å². The molecule has 2 rings (SSSR count). The van der Waals surface area contributed by atoms with Crippen LogP contribution in [0.5, 0.6) is 0 Å². The molecule has 1 aromatic carbocycles. The summed E-state index contributed by atoms with van der Waals surface area (Å²) in [5, 5.41) is 0. The van der Waals surface area contributed by atoms with Crippen molar-refractivity contribution in [2.75, 3.05) is 5.73 Å². The SMILES string of the molecule is Cc1c(N)cc(Br)cc1C(=O)OC1CCCCC1C. The molecule has 3 nitrogen and oxygen atoms in total. The zero-order valence-corrected chi connectivity index (χ0v) is 13.0. The maximum absolute atomic E-state index is 12.3. The van der Waals surface area contributed by atoms with E-state index in [1.54, 1.807) is 12.1 Å². The molecule has 0 spiro atoms. The second-order valence-electron chi connectivity index (χ2n) is 5.37. The molecular weight excluding hydrogens is 306 g/mol. The third-order valence-electron chi connectivity index (χ3n) is 3.92. The monoisotopic (exact) mass is 325 g/mol. The van der Waals surface area contributed by atoms with Gasteiger partial charge in [-0.05, 0) is 49.8 Å². The molecule has 4 heteroatoms.